The Morgan fingerprint density at radius 2 is 2.16 bits per heavy atom. The maximum absolute atomic E-state index is 5.93. The number of fused-ring (bicyclic) bond motifs is 1. The van der Waals surface area contributed by atoms with Crippen LogP contribution < -0.4 is 0 Å². The molecular weight excluding hydrogens is 312 g/mol. The lowest BCUT2D eigenvalue weighted by molar-refractivity contribution is 0.107. The highest BCUT2D eigenvalue weighted by molar-refractivity contribution is 5.29. The third kappa shape index (κ3) is 3.93. The van der Waals surface area contributed by atoms with Crippen molar-refractivity contribution in [1.29, 1.82) is 0 Å². The minimum Gasteiger partial charge on any atom is -0.375 e. The van der Waals surface area contributed by atoms with Crippen LogP contribution in [0.25, 0.3) is 0 Å². The van der Waals surface area contributed by atoms with Crippen LogP contribution in [0, 0.1) is 5.92 Å². The van der Waals surface area contributed by atoms with Gasteiger partial charge in [-0.2, -0.15) is 5.10 Å². The van der Waals surface area contributed by atoms with Gasteiger partial charge in [0.15, 0.2) is 0 Å². The lowest BCUT2D eigenvalue weighted by Gasteiger charge is -2.28. The molecule has 1 fully saturated rings. The van der Waals surface area contributed by atoms with Gasteiger partial charge in [0.25, 0.3) is 0 Å². The van der Waals surface area contributed by atoms with Crippen LogP contribution in [0.4, 0.5) is 0 Å². The molecule has 2 aromatic rings. The summed E-state index contributed by atoms with van der Waals surface area (Å²) < 4.78 is 8.13. The Morgan fingerprint density at radius 1 is 1.28 bits per heavy atom. The van der Waals surface area contributed by atoms with Crippen molar-refractivity contribution in [2.45, 2.75) is 58.8 Å². The van der Waals surface area contributed by atoms with Gasteiger partial charge >= 0.3 is 0 Å². The standard InChI is InChI=1S/C20H28N4O/c1-15(2)24-20-12-23(11-17-5-3-4-9-21-17)10-8-18(20)19(22-24)14-25-13-16-6-7-16/h3-5,9,15-16H,6-8,10-14H2,1-2H3. The van der Waals surface area contributed by atoms with E-state index >= 15 is 0 Å². The molecule has 4 rings (SSSR count). The highest BCUT2D eigenvalue weighted by Gasteiger charge is 2.27. The number of hydrogen-bond donors (Lipinski definition) is 0. The first kappa shape index (κ1) is 16.7. The van der Waals surface area contributed by atoms with Crippen LogP contribution >= 0.6 is 0 Å². The first-order valence-corrected chi connectivity index (χ1v) is 9.50. The molecule has 0 aromatic carbocycles. The van der Waals surface area contributed by atoms with Gasteiger partial charge in [-0.3, -0.25) is 14.6 Å². The van der Waals surface area contributed by atoms with Crippen molar-refractivity contribution >= 4 is 0 Å². The van der Waals surface area contributed by atoms with E-state index in [9.17, 15) is 0 Å². The van der Waals surface area contributed by atoms with Gasteiger partial charge in [-0.05, 0) is 51.2 Å². The first-order chi connectivity index (χ1) is 12.2. The molecule has 1 saturated carbocycles. The second kappa shape index (κ2) is 7.26. The van der Waals surface area contributed by atoms with Gasteiger partial charge in [0.1, 0.15) is 0 Å². The average molecular weight is 340 g/mol. The van der Waals surface area contributed by atoms with Gasteiger partial charge in [-0.1, -0.05) is 6.07 Å². The molecule has 0 radical (unpaired) electrons. The Bertz CT molecular complexity index is 706. The summed E-state index contributed by atoms with van der Waals surface area (Å²) in [7, 11) is 0. The molecule has 0 atom stereocenters. The molecule has 5 nitrogen and oxygen atoms in total. The highest BCUT2D eigenvalue weighted by atomic mass is 16.5. The number of hydrogen-bond acceptors (Lipinski definition) is 4. The van der Waals surface area contributed by atoms with Crippen molar-refractivity contribution in [3.63, 3.8) is 0 Å². The Kier molecular flexibility index (Phi) is 4.86. The Morgan fingerprint density at radius 3 is 2.88 bits per heavy atom. The van der Waals surface area contributed by atoms with Crippen molar-refractivity contribution < 1.29 is 4.74 Å². The van der Waals surface area contributed by atoms with Crippen LogP contribution in [-0.2, 0) is 30.9 Å². The Balaban J connectivity index is 1.48. The van der Waals surface area contributed by atoms with Crippen molar-refractivity contribution in [1.82, 2.24) is 19.7 Å². The molecule has 0 bridgehead atoms. The van der Waals surface area contributed by atoms with Crippen molar-refractivity contribution in [2.75, 3.05) is 13.2 Å². The second-order valence-electron chi connectivity index (χ2n) is 7.65. The summed E-state index contributed by atoms with van der Waals surface area (Å²) in [5.41, 5.74) is 5.07. The molecule has 0 spiro atoms. The Labute approximate surface area is 150 Å². The summed E-state index contributed by atoms with van der Waals surface area (Å²) in [4.78, 5) is 6.94. The first-order valence-electron chi connectivity index (χ1n) is 9.50. The van der Waals surface area contributed by atoms with Crippen molar-refractivity contribution in [2.24, 2.45) is 5.92 Å². The molecule has 0 unspecified atom stereocenters. The summed E-state index contributed by atoms with van der Waals surface area (Å²) in [6, 6.07) is 6.51. The molecule has 2 aliphatic rings. The molecule has 0 saturated heterocycles. The van der Waals surface area contributed by atoms with E-state index in [0.717, 1.165) is 50.0 Å². The summed E-state index contributed by atoms with van der Waals surface area (Å²) in [6.45, 7) is 8.88. The zero-order valence-corrected chi connectivity index (χ0v) is 15.3. The maximum atomic E-state index is 5.93. The van der Waals surface area contributed by atoms with E-state index < -0.39 is 0 Å². The van der Waals surface area contributed by atoms with E-state index in [1.807, 2.05) is 12.3 Å². The highest BCUT2D eigenvalue weighted by Crippen LogP contribution is 2.30. The number of nitrogens with zero attached hydrogens (tertiary/aromatic N) is 4. The van der Waals surface area contributed by atoms with Crippen LogP contribution in [0.15, 0.2) is 24.4 Å². The van der Waals surface area contributed by atoms with Gasteiger partial charge < -0.3 is 4.74 Å². The Hall–Kier alpha value is -1.72. The third-order valence-electron chi connectivity index (χ3n) is 5.14. The lowest BCUT2D eigenvalue weighted by atomic mass is 10.0. The molecule has 134 valence electrons. The fourth-order valence-corrected chi connectivity index (χ4v) is 3.58. The molecule has 1 aliphatic carbocycles. The lowest BCUT2D eigenvalue weighted by Crippen LogP contribution is -2.31. The van der Waals surface area contributed by atoms with Gasteiger partial charge in [0.05, 0.1) is 23.7 Å². The largest absolute Gasteiger partial charge is 0.375 e. The molecule has 5 heteroatoms. The van der Waals surface area contributed by atoms with E-state index in [2.05, 4.69) is 40.5 Å². The quantitative estimate of drug-likeness (QED) is 0.775. The van der Waals surface area contributed by atoms with Gasteiger partial charge in [-0.15, -0.1) is 0 Å². The SMILES string of the molecule is CC(C)n1nc(COCC2CC2)c2c1CN(Cc1ccccn1)CC2. The molecule has 1 aliphatic heterocycles. The van der Waals surface area contributed by atoms with Crippen LogP contribution in [0.5, 0.6) is 0 Å². The topological polar surface area (TPSA) is 43.2 Å². The summed E-state index contributed by atoms with van der Waals surface area (Å²) in [5.74, 6) is 0.803. The maximum Gasteiger partial charge on any atom is 0.0917 e. The van der Waals surface area contributed by atoms with Crippen LogP contribution in [0.1, 0.15) is 55.4 Å². The number of aromatic nitrogens is 3. The molecule has 0 amide bonds. The van der Waals surface area contributed by atoms with Gasteiger partial charge in [0, 0.05) is 44.0 Å². The van der Waals surface area contributed by atoms with Crippen LogP contribution in [0.3, 0.4) is 0 Å². The van der Waals surface area contributed by atoms with Crippen molar-refractivity contribution in [3.8, 4) is 0 Å². The number of ether oxygens (including phenoxy) is 1. The van der Waals surface area contributed by atoms with Crippen LogP contribution in [-0.4, -0.2) is 32.8 Å². The second-order valence-corrected chi connectivity index (χ2v) is 7.65. The fourth-order valence-electron chi connectivity index (χ4n) is 3.58. The third-order valence-corrected chi connectivity index (χ3v) is 5.14. The molecule has 25 heavy (non-hydrogen) atoms. The van der Waals surface area contributed by atoms with E-state index in [4.69, 9.17) is 9.84 Å². The van der Waals surface area contributed by atoms with Crippen LogP contribution in [0.2, 0.25) is 0 Å². The fraction of sp³-hybridized carbons (Fsp3) is 0.600. The number of rotatable bonds is 7. The monoisotopic (exact) mass is 340 g/mol. The number of pyridine rings is 1. The molecule has 2 aromatic heterocycles. The smallest absolute Gasteiger partial charge is 0.0917 e. The summed E-state index contributed by atoms with van der Waals surface area (Å²) >= 11 is 0. The predicted molar refractivity (Wildman–Crippen MR) is 97.0 cm³/mol. The van der Waals surface area contributed by atoms with Gasteiger partial charge in [0.2, 0.25) is 0 Å². The van der Waals surface area contributed by atoms with Gasteiger partial charge in [-0.25, -0.2) is 0 Å². The zero-order chi connectivity index (χ0) is 17.2. The van der Waals surface area contributed by atoms with E-state index in [0.29, 0.717) is 12.6 Å². The van der Waals surface area contributed by atoms with E-state index in [1.165, 1.54) is 24.1 Å². The minimum absolute atomic E-state index is 0.376. The average Bonchev–Trinajstić information content (AvgIpc) is 3.36. The predicted octanol–water partition coefficient (Wildman–Crippen LogP) is 3.34. The summed E-state index contributed by atoms with van der Waals surface area (Å²) in [5, 5.41) is 4.90. The minimum atomic E-state index is 0.376. The zero-order valence-electron chi connectivity index (χ0n) is 15.3. The molecule has 0 N–H and O–H groups in total. The van der Waals surface area contributed by atoms with E-state index in [1.54, 1.807) is 0 Å². The summed E-state index contributed by atoms with van der Waals surface area (Å²) in [6.07, 6.45) is 5.59. The van der Waals surface area contributed by atoms with E-state index in [-0.39, 0.29) is 0 Å². The molecule has 3 heterocycles. The molecular formula is C20H28N4O. The normalized spacial score (nSPS) is 17.9. The van der Waals surface area contributed by atoms with Crippen molar-refractivity contribution in [3.05, 3.63) is 47.0 Å².